The Balaban J connectivity index is 1.27. The molecule has 13 aromatic rings. The minimum absolute atomic E-state index is 0.682. The largest absolute Gasteiger partial charge is 0.276 e. The summed E-state index contributed by atoms with van der Waals surface area (Å²) >= 11 is 3.72. The summed E-state index contributed by atoms with van der Waals surface area (Å²) in [5.74, 6) is 0.682. The van der Waals surface area contributed by atoms with Gasteiger partial charge in [0.15, 0.2) is 0 Å². The van der Waals surface area contributed by atoms with Crippen molar-refractivity contribution in [3.8, 4) is 17.2 Å². The van der Waals surface area contributed by atoms with Gasteiger partial charge in [-0.3, -0.25) is 4.57 Å². The Morgan fingerprint density at radius 3 is 1.67 bits per heavy atom. The van der Waals surface area contributed by atoms with Crippen LogP contribution in [-0.2, 0) is 0 Å². The van der Waals surface area contributed by atoms with E-state index >= 15 is 0 Å². The van der Waals surface area contributed by atoms with E-state index in [1.807, 2.05) is 22.7 Å². The van der Waals surface area contributed by atoms with Crippen molar-refractivity contribution in [2.24, 2.45) is 0 Å². The Labute approximate surface area is 322 Å². The van der Waals surface area contributed by atoms with Gasteiger partial charge in [-0.2, -0.15) is 0 Å². The fraction of sp³-hybridized carbons (Fsp3) is 0. The van der Waals surface area contributed by atoms with Gasteiger partial charge in [0.2, 0.25) is 5.95 Å². The molecule has 0 N–H and O–H groups in total. The minimum atomic E-state index is 0.682. The van der Waals surface area contributed by atoms with Crippen molar-refractivity contribution < 1.29 is 0 Å². The van der Waals surface area contributed by atoms with Crippen molar-refractivity contribution in [1.29, 1.82) is 0 Å². The van der Waals surface area contributed by atoms with E-state index in [9.17, 15) is 0 Å². The molecular weight excluding hydrogens is 707 g/mol. The van der Waals surface area contributed by atoms with Crippen molar-refractivity contribution in [2.45, 2.75) is 0 Å². The van der Waals surface area contributed by atoms with Gasteiger partial charge in [0.1, 0.15) is 0 Å². The molecule has 0 atom stereocenters. The number of nitrogens with zero attached hydrogens (tertiary/aromatic N) is 3. The molecule has 4 aromatic heterocycles. The number of benzene rings is 9. The molecular formula is C50H27N3S2. The first kappa shape index (κ1) is 29.8. The molecule has 0 bridgehead atoms. The van der Waals surface area contributed by atoms with Gasteiger partial charge in [-0.15, -0.1) is 22.7 Å². The first-order valence-corrected chi connectivity index (χ1v) is 20.2. The summed E-state index contributed by atoms with van der Waals surface area (Å²) in [6.07, 6.45) is 0. The maximum absolute atomic E-state index is 5.65. The van der Waals surface area contributed by atoms with Gasteiger partial charge < -0.3 is 0 Å². The molecule has 5 heteroatoms. The van der Waals surface area contributed by atoms with Crippen LogP contribution in [0.4, 0.5) is 0 Å². The lowest BCUT2D eigenvalue weighted by molar-refractivity contribution is 1.02. The summed E-state index contributed by atoms with van der Waals surface area (Å²) in [5, 5.41) is 16.3. The lowest BCUT2D eigenvalue weighted by Crippen LogP contribution is -2.03. The molecule has 4 heterocycles. The number of aromatic nitrogens is 3. The van der Waals surface area contributed by atoms with E-state index in [1.54, 1.807) is 0 Å². The number of para-hydroxylation sites is 2. The SMILES string of the molecule is c1ccc2c(-c3cccc4c3sc3ccccc34)nc(-n3c4ccccc4c4c5c6ccccc6c6ccccc6c5c5c6ccccc6sc5c43)nc2c1. The average molecular weight is 734 g/mol. The van der Waals surface area contributed by atoms with Crippen LogP contribution >= 0.6 is 22.7 Å². The molecule has 55 heavy (non-hydrogen) atoms. The Morgan fingerprint density at radius 1 is 0.364 bits per heavy atom. The van der Waals surface area contributed by atoms with E-state index in [0.717, 1.165) is 33.2 Å². The predicted molar refractivity (Wildman–Crippen MR) is 238 cm³/mol. The second-order valence-corrected chi connectivity index (χ2v) is 16.5. The van der Waals surface area contributed by atoms with Crippen LogP contribution < -0.4 is 0 Å². The van der Waals surface area contributed by atoms with Crippen molar-refractivity contribution in [3.05, 3.63) is 164 Å². The lowest BCUT2D eigenvalue weighted by Gasteiger charge is -2.15. The molecule has 0 aliphatic carbocycles. The number of hydrogen-bond acceptors (Lipinski definition) is 4. The van der Waals surface area contributed by atoms with Gasteiger partial charge >= 0.3 is 0 Å². The summed E-state index contributed by atoms with van der Waals surface area (Å²) in [6, 6.07) is 59.5. The standard InChI is InChI=1S/C50H27N3S2/c1-3-17-31-28(14-1)29-15-2-4-18-32(29)43-42(31)44-35-20-6-10-25-39(35)53(47(44)49-45(43)36-21-8-12-27-41(36)55-49)50-51-38-24-9-5-19-34(38)46(52-50)37-23-13-22-33-30-16-7-11-26-40(30)54-48(33)37/h1-27H. The minimum Gasteiger partial charge on any atom is -0.276 e. The van der Waals surface area contributed by atoms with Gasteiger partial charge in [0.05, 0.1) is 26.9 Å². The van der Waals surface area contributed by atoms with E-state index in [1.165, 1.54) is 83.4 Å². The fourth-order valence-corrected chi connectivity index (χ4v) is 11.8. The molecule has 0 fully saturated rings. The summed E-state index contributed by atoms with van der Waals surface area (Å²) in [6.45, 7) is 0. The first-order chi connectivity index (χ1) is 27.3. The van der Waals surface area contributed by atoms with Gasteiger partial charge in [-0.05, 0) is 45.8 Å². The molecule has 3 nitrogen and oxygen atoms in total. The van der Waals surface area contributed by atoms with Gasteiger partial charge in [0, 0.05) is 68.1 Å². The molecule has 0 amide bonds. The van der Waals surface area contributed by atoms with Gasteiger partial charge in [-0.25, -0.2) is 9.97 Å². The Morgan fingerprint density at radius 2 is 0.909 bits per heavy atom. The fourth-order valence-electron chi connectivity index (χ4n) is 9.34. The highest BCUT2D eigenvalue weighted by Gasteiger charge is 2.26. The molecule has 13 rings (SSSR count). The summed E-state index contributed by atoms with van der Waals surface area (Å²) in [7, 11) is 0. The van der Waals surface area contributed by atoms with Crippen molar-refractivity contribution in [1.82, 2.24) is 14.5 Å². The topological polar surface area (TPSA) is 30.7 Å². The van der Waals surface area contributed by atoms with Crippen LogP contribution in [0.25, 0.3) is 123 Å². The van der Waals surface area contributed by atoms with Crippen LogP contribution in [0.3, 0.4) is 0 Å². The normalized spacial score (nSPS) is 12.4. The predicted octanol–water partition coefficient (Wildman–Crippen LogP) is 14.6. The zero-order valence-corrected chi connectivity index (χ0v) is 30.9. The molecule has 0 spiro atoms. The number of thiophene rings is 2. The van der Waals surface area contributed by atoms with Crippen molar-refractivity contribution in [3.63, 3.8) is 0 Å². The number of hydrogen-bond donors (Lipinski definition) is 0. The summed E-state index contributed by atoms with van der Waals surface area (Å²) in [5.41, 5.74) is 5.27. The van der Waals surface area contributed by atoms with E-state index in [-0.39, 0.29) is 0 Å². The molecule has 0 aliphatic heterocycles. The van der Waals surface area contributed by atoms with E-state index in [0.29, 0.717) is 5.95 Å². The Kier molecular flexibility index (Phi) is 5.93. The molecule has 0 radical (unpaired) electrons. The average Bonchev–Trinajstić information content (AvgIpc) is 3.93. The van der Waals surface area contributed by atoms with Gasteiger partial charge in [0.25, 0.3) is 0 Å². The van der Waals surface area contributed by atoms with E-state index < -0.39 is 0 Å². The maximum Gasteiger partial charge on any atom is 0.235 e. The highest BCUT2D eigenvalue weighted by atomic mass is 32.1. The highest BCUT2D eigenvalue weighted by molar-refractivity contribution is 7.27. The van der Waals surface area contributed by atoms with E-state index in [2.05, 4.69) is 168 Å². The maximum atomic E-state index is 5.65. The van der Waals surface area contributed by atoms with Crippen LogP contribution in [0.5, 0.6) is 0 Å². The first-order valence-electron chi connectivity index (χ1n) is 18.6. The third-order valence-corrected chi connectivity index (χ3v) is 14.0. The van der Waals surface area contributed by atoms with Crippen LogP contribution in [0.15, 0.2) is 164 Å². The molecule has 9 aromatic carbocycles. The molecule has 0 aliphatic rings. The molecule has 0 saturated carbocycles. The van der Waals surface area contributed by atoms with Crippen molar-refractivity contribution >= 4 is 128 Å². The van der Waals surface area contributed by atoms with Crippen LogP contribution in [0.1, 0.15) is 0 Å². The van der Waals surface area contributed by atoms with Gasteiger partial charge in [-0.1, -0.05) is 140 Å². The second-order valence-electron chi connectivity index (χ2n) is 14.4. The Bertz CT molecular complexity index is 3790. The molecule has 0 unspecified atom stereocenters. The second kappa shape index (κ2) is 11.0. The Hall–Kier alpha value is -6.66. The summed E-state index contributed by atoms with van der Waals surface area (Å²) in [4.78, 5) is 11.1. The monoisotopic (exact) mass is 733 g/mol. The third-order valence-electron chi connectivity index (χ3n) is 11.6. The van der Waals surface area contributed by atoms with Crippen molar-refractivity contribution in [2.75, 3.05) is 0 Å². The highest BCUT2D eigenvalue weighted by Crippen LogP contribution is 2.52. The van der Waals surface area contributed by atoms with Crippen LogP contribution in [0.2, 0.25) is 0 Å². The smallest absolute Gasteiger partial charge is 0.235 e. The zero-order valence-electron chi connectivity index (χ0n) is 29.2. The number of fused-ring (bicyclic) bond motifs is 19. The summed E-state index contributed by atoms with van der Waals surface area (Å²) < 4.78 is 7.43. The van der Waals surface area contributed by atoms with E-state index in [4.69, 9.17) is 9.97 Å². The van der Waals surface area contributed by atoms with Crippen LogP contribution in [-0.4, -0.2) is 14.5 Å². The lowest BCUT2D eigenvalue weighted by atomic mass is 9.89. The molecule has 254 valence electrons. The molecule has 0 saturated heterocycles. The quantitative estimate of drug-likeness (QED) is 0.166. The third kappa shape index (κ3) is 3.93. The zero-order chi connectivity index (χ0) is 35.8. The van der Waals surface area contributed by atoms with Crippen LogP contribution in [0, 0.1) is 0 Å². The number of rotatable bonds is 2.